The van der Waals surface area contributed by atoms with Crippen molar-refractivity contribution < 1.29 is 52.7 Å². The number of primary amides is 3. The number of nitrogens with zero attached hydrogens (tertiary/aromatic N) is 1. The number of rotatable bonds is 17. The van der Waals surface area contributed by atoms with Gasteiger partial charge in [0.1, 0.15) is 42.3 Å². The molecule has 0 aromatic heterocycles. The van der Waals surface area contributed by atoms with E-state index < -0.39 is 139 Å². The molecule has 0 saturated carbocycles. The number of nitrogens with one attached hydrogen (secondary N) is 7. The molecule has 0 radical (unpaired) electrons. The lowest BCUT2D eigenvalue weighted by atomic mass is 9.95. The zero-order valence-corrected chi connectivity index (χ0v) is 41.3. The number of carbonyl (C=O) groups is 11. The minimum absolute atomic E-state index is 0.0124. The summed E-state index contributed by atoms with van der Waals surface area (Å²) in [6, 6.07) is -3.46. The van der Waals surface area contributed by atoms with Gasteiger partial charge in [0, 0.05) is 30.9 Å². The second-order valence-corrected chi connectivity index (χ2v) is 20.2. The smallest absolute Gasteiger partial charge is 0.246 e. The zero-order chi connectivity index (χ0) is 51.5. The minimum atomic E-state index is -1.74. The van der Waals surface area contributed by atoms with E-state index >= 15 is 0 Å². The SMILES string of the molecule is CC[C@H](C)[C@@H]1NC(=O)[C@H](Cc2ccccc2C)NC(=O)[C@@H](N)CSSC[C@@H](C(=O)N2CCC[C@H]2C(=O)N[C@@H](CC(C)C)C(=O)NCC(N)=O)NC(=O)[C@H](CC(N)=O)NC(=O)[C@H](CCC(N)=O)NC1=O. The molecule has 25 heteroatoms. The zero-order valence-electron chi connectivity index (χ0n) is 39.6. The van der Waals surface area contributed by atoms with Gasteiger partial charge in [0.25, 0.3) is 0 Å². The van der Waals surface area contributed by atoms with Gasteiger partial charge in [-0.1, -0.05) is 80.0 Å². The van der Waals surface area contributed by atoms with Crippen LogP contribution in [0.5, 0.6) is 0 Å². The lowest BCUT2D eigenvalue weighted by Gasteiger charge is -2.31. The Kier molecular flexibility index (Phi) is 23.2. The van der Waals surface area contributed by atoms with Crippen LogP contribution in [0.1, 0.15) is 83.8 Å². The molecular formula is C44H68N12O11S2. The highest BCUT2D eigenvalue weighted by atomic mass is 33.1. The molecule has 382 valence electrons. The average Bonchev–Trinajstić information content (AvgIpc) is 3.78. The highest BCUT2D eigenvalue weighted by Gasteiger charge is 2.41. The first-order valence-electron chi connectivity index (χ1n) is 22.8. The molecule has 3 rings (SSSR count). The summed E-state index contributed by atoms with van der Waals surface area (Å²) in [5, 5.41) is 18.1. The van der Waals surface area contributed by atoms with E-state index in [4.69, 9.17) is 22.9 Å². The normalized spacial score (nSPS) is 24.3. The quantitative estimate of drug-likeness (QED) is 0.0694. The van der Waals surface area contributed by atoms with E-state index in [9.17, 15) is 52.7 Å². The van der Waals surface area contributed by atoms with Gasteiger partial charge < -0.3 is 65.1 Å². The van der Waals surface area contributed by atoms with Gasteiger partial charge in [-0.3, -0.25) is 52.7 Å². The van der Waals surface area contributed by atoms with E-state index in [1.165, 1.54) is 4.90 Å². The number of likely N-dealkylation sites (tertiary alicyclic amines) is 1. The van der Waals surface area contributed by atoms with Crippen LogP contribution in [0.3, 0.4) is 0 Å². The first-order chi connectivity index (χ1) is 32.5. The summed E-state index contributed by atoms with van der Waals surface area (Å²) in [5.41, 5.74) is 24.0. The molecule has 2 aliphatic rings. The van der Waals surface area contributed by atoms with Crippen LogP contribution in [0.15, 0.2) is 24.3 Å². The fourth-order valence-corrected chi connectivity index (χ4v) is 9.81. The van der Waals surface area contributed by atoms with Gasteiger partial charge >= 0.3 is 0 Å². The summed E-state index contributed by atoms with van der Waals surface area (Å²) in [7, 11) is 2.10. The standard InChI is InChI=1S/C44H68N12O11S2/c1-6-23(4)36-43(66)50-27(13-14-33(46)57)39(62)52-30(18-34(47)58)40(63)54-31(21-69-68-20-26(45)37(60)51-29(41(64)55-36)17-25-11-8-7-10-24(25)5)44(67)56-15-9-12-32(56)42(65)53-28(16-22(2)3)38(61)49-19-35(48)59/h7-8,10-11,22-23,26-32,36H,6,9,12-21,45H2,1-5H3,(H2,46,57)(H2,47,58)(H2,48,59)(H,49,61)(H,50,66)(H,51,60)(H,52,62)(H,53,65)(H,54,63)(H,55,64)/t23-,26-,27-,28-,29-,30-,31-,32-,36-/m0/s1. The van der Waals surface area contributed by atoms with Crippen molar-refractivity contribution in [1.29, 1.82) is 0 Å². The molecular weight excluding hydrogens is 937 g/mol. The number of amides is 11. The molecule has 0 bridgehead atoms. The van der Waals surface area contributed by atoms with Crippen molar-refractivity contribution in [2.75, 3.05) is 24.6 Å². The largest absolute Gasteiger partial charge is 0.370 e. The Balaban J connectivity index is 2.06. The Hall–Kier alpha value is -5.95. The lowest BCUT2D eigenvalue weighted by molar-refractivity contribution is -0.142. The molecule has 1 aromatic carbocycles. The Morgan fingerprint density at radius 1 is 0.783 bits per heavy atom. The maximum absolute atomic E-state index is 14.5. The molecule has 2 saturated heterocycles. The first kappa shape index (κ1) is 57.4. The van der Waals surface area contributed by atoms with E-state index in [0.29, 0.717) is 12.8 Å². The third-order valence-corrected chi connectivity index (χ3v) is 14.0. The van der Waals surface area contributed by atoms with Crippen LogP contribution in [-0.4, -0.2) is 143 Å². The topological polar surface area (TPSA) is 379 Å². The predicted molar refractivity (Wildman–Crippen MR) is 257 cm³/mol. The lowest BCUT2D eigenvalue weighted by Crippen LogP contribution is -2.61. The summed E-state index contributed by atoms with van der Waals surface area (Å²) >= 11 is 0. The first-order valence-corrected chi connectivity index (χ1v) is 25.3. The van der Waals surface area contributed by atoms with Gasteiger partial charge in [-0.15, -0.1) is 0 Å². The van der Waals surface area contributed by atoms with Crippen LogP contribution in [0.25, 0.3) is 0 Å². The summed E-state index contributed by atoms with van der Waals surface area (Å²) < 4.78 is 0. The molecule has 1 aromatic rings. The molecule has 2 fully saturated rings. The number of carbonyl (C=O) groups excluding carboxylic acids is 11. The average molecular weight is 1010 g/mol. The van der Waals surface area contributed by atoms with Crippen LogP contribution in [0.4, 0.5) is 0 Å². The summed E-state index contributed by atoms with van der Waals surface area (Å²) in [4.78, 5) is 148. The maximum atomic E-state index is 14.5. The number of hydrogen-bond acceptors (Lipinski definition) is 14. The van der Waals surface area contributed by atoms with E-state index in [0.717, 1.165) is 32.7 Å². The summed E-state index contributed by atoms with van der Waals surface area (Å²) in [6.45, 7) is 8.52. The van der Waals surface area contributed by atoms with Gasteiger partial charge in [0.2, 0.25) is 65.0 Å². The molecule has 0 spiro atoms. The van der Waals surface area contributed by atoms with E-state index in [2.05, 4.69) is 37.2 Å². The third kappa shape index (κ3) is 18.5. The number of hydrogen-bond donors (Lipinski definition) is 11. The van der Waals surface area contributed by atoms with Crippen LogP contribution in [0.2, 0.25) is 0 Å². The van der Waals surface area contributed by atoms with Gasteiger partial charge in [0.15, 0.2) is 0 Å². The second-order valence-electron chi connectivity index (χ2n) is 17.7. The van der Waals surface area contributed by atoms with Crippen LogP contribution in [0, 0.1) is 18.8 Å². The van der Waals surface area contributed by atoms with Crippen molar-refractivity contribution >= 4 is 86.6 Å². The van der Waals surface area contributed by atoms with E-state index in [1.54, 1.807) is 26.0 Å². The van der Waals surface area contributed by atoms with Crippen molar-refractivity contribution in [2.24, 2.45) is 34.8 Å². The molecule has 11 amide bonds. The minimum Gasteiger partial charge on any atom is -0.370 e. The number of benzene rings is 1. The molecule has 2 aliphatic heterocycles. The maximum Gasteiger partial charge on any atom is 0.246 e. The van der Waals surface area contributed by atoms with Crippen LogP contribution >= 0.6 is 21.6 Å². The van der Waals surface area contributed by atoms with Gasteiger partial charge in [-0.05, 0) is 55.6 Å². The van der Waals surface area contributed by atoms with Crippen molar-refractivity contribution in [3.63, 3.8) is 0 Å². The van der Waals surface area contributed by atoms with Crippen LogP contribution < -0.4 is 60.2 Å². The van der Waals surface area contributed by atoms with Crippen LogP contribution in [-0.2, 0) is 59.2 Å². The van der Waals surface area contributed by atoms with Gasteiger partial charge in [-0.2, -0.15) is 0 Å². The molecule has 2 heterocycles. The Morgan fingerprint density at radius 2 is 1.41 bits per heavy atom. The summed E-state index contributed by atoms with van der Waals surface area (Å²) in [5.74, 6) is -10.00. The predicted octanol–water partition coefficient (Wildman–Crippen LogP) is -3.01. The summed E-state index contributed by atoms with van der Waals surface area (Å²) in [6.07, 6.45) is -0.467. The molecule has 0 unspecified atom stereocenters. The van der Waals surface area contributed by atoms with Gasteiger partial charge in [0.05, 0.1) is 19.0 Å². The second kappa shape index (κ2) is 27.9. The Labute approximate surface area is 409 Å². The fraction of sp³-hybridized carbons (Fsp3) is 0.614. The molecule has 69 heavy (non-hydrogen) atoms. The van der Waals surface area contributed by atoms with Crippen molar-refractivity contribution in [3.05, 3.63) is 35.4 Å². The highest BCUT2D eigenvalue weighted by Crippen LogP contribution is 2.26. The van der Waals surface area contributed by atoms with Crippen molar-refractivity contribution in [3.8, 4) is 0 Å². The van der Waals surface area contributed by atoms with Gasteiger partial charge in [-0.25, -0.2) is 0 Å². The van der Waals surface area contributed by atoms with E-state index in [1.807, 2.05) is 32.9 Å². The fourth-order valence-electron chi connectivity index (χ4n) is 7.53. The van der Waals surface area contributed by atoms with Crippen molar-refractivity contribution in [1.82, 2.24) is 42.1 Å². The molecule has 15 N–H and O–H groups in total. The molecule has 23 nitrogen and oxygen atoms in total. The molecule has 0 aliphatic carbocycles. The monoisotopic (exact) mass is 1000 g/mol. The van der Waals surface area contributed by atoms with E-state index in [-0.39, 0.29) is 49.7 Å². The van der Waals surface area contributed by atoms with Crippen molar-refractivity contribution in [2.45, 2.75) is 134 Å². The number of aryl methyl sites for hydroxylation is 1. The number of nitrogens with two attached hydrogens (primary N) is 4. The Bertz CT molecular complexity index is 2060. The third-order valence-electron chi connectivity index (χ3n) is 11.6. The highest BCUT2D eigenvalue weighted by molar-refractivity contribution is 8.76. The molecule has 9 atom stereocenters. The Morgan fingerprint density at radius 3 is 2.03 bits per heavy atom.